The summed E-state index contributed by atoms with van der Waals surface area (Å²) in [5.74, 6) is -0.0347. The summed E-state index contributed by atoms with van der Waals surface area (Å²) in [4.78, 5) is 14.8. The molecule has 13 heavy (non-hydrogen) atoms. The number of hydrogen-bond acceptors (Lipinski definition) is 2. The second kappa shape index (κ2) is 4.37. The maximum absolute atomic E-state index is 10.8. The van der Waals surface area contributed by atoms with Crippen LogP contribution in [0.25, 0.3) is 0 Å². The first-order valence-corrected chi connectivity index (χ1v) is 4.76. The minimum absolute atomic E-state index is 0.00231. The van der Waals surface area contributed by atoms with Crippen molar-refractivity contribution in [1.29, 1.82) is 0 Å². The molecule has 0 aromatic carbocycles. The van der Waals surface area contributed by atoms with E-state index in [1.54, 1.807) is 12.4 Å². The number of aromatic nitrogens is 1. The third kappa shape index (κ3) is 3.14. The minimum atomic E-state index is -0.0347. The molecule has 1 unspecified atom stereocenters. The van der Waals surface area contributed by atoms with Crippen LogP contribution in [-0.2, 0) is 4.79 Å². The molecule has 0 aliphatic heterocycles. The summed E-state index contributed by atoms with van der Waals surface area (Å²) in [5, 5.41) is 2.79. The standard InChI is InChI=1S/C9H11BrN2O/c1-6(12-7(2)13)8-3-9(10)5-11-4-8/h3-6H,1-2H3,(H,12,13). The number of amides is 1. The van der Waals surface area contributed by atoms with Crippen molar-refractivity contribution in [3.05, 3.63) is 28.5 Å². The number of rotatable bonds is 2. The van der Waals surface area contributed by atoms with Crippen molar-refractivity contribution in [1.82, 2.24) is 10.3 Å². The van der Waals surface area contributed by atoms with Gasteiger partial charge in [-0.3, -0.25) is 9.78 Å². The van der Waals surface area contributed by atoms with Gasteiger partial charge in [0, 0.05) is 23.8 Å². The van der Waals surface area contributed by atoms with Gasteiger partial charge in [0.05, 0.1) is 6.04 Å². The van der Waals surface area contributed by atoms with Crippen LogP contribution in [0.15, 0.2) is 22.9 Å². The fourth-order valence-electron chi connectivity index (χ4n) is 1.05. The molecule has 0 spiro atoms. The Morgan fingerprint density at radius 1 is 1.62 bits per heavy atom. The van der Waals surface area contributed by atoms with Crippen LogP contribution < -0.4 is 5.32 Å². The second-order valence-electron chi connectivity index (χ2n) is 2.86. The highest BCUT2D eigenvalue weighted by Gasteiger charge is 2.06. The van der Waals surface area contributed by atoms with E-state index in [-0.39, 0.29) is 11.9 Å². The van der Waals surface area contributed by atoms with Crippen LogP contribution in [0, 0.1) is 0 Å². The number of nitrogens with zero attached hydrogens (tertiary/aromatic N) is 1. The Morgan fingerprint density at radius 3 is 2.85 bits per heavy atom. The van der Waals surface area contributed by atoms with Gasteiger partial charge in [0.15, 0.2) is 0 Å². The summed E-state index contributed by atoms with van der Waals surface area (Å²) in [5.41, 5.74) is 0.990. The molecule has 1 aromatic rings. The van der Waals surface area contributed by atoms with Gasteiger partial charge in [0.25, 0.3) is 0 Å². The number of hydrogen-bond donors (Lipinski definition) is 1. The van der Waals surface area contributed by atoms with Gasteiger partial charge in [0.1, 0.15) is 0 Å². The van der Waals surface area contributed by atoms with Crippen LogP contribution in [-0.4, -0.2) is 10.9 Å². The van der Waals surface area contributed by atoms with Gasteiger partial charge in [0.2, 0.25) is 5.91 Å². The number of carbonyl (C=O) groups excluding carboxylic acids is 1. The average Bonchev–Trinajstić information content (AvgIpc) is 2.03. The predicted molar refractivity (Wildman–Crippen MR) is 54.2 cm³/mol. The first-order chi connectivity index (χ1) is 6.09. The molecule has 1 atom stereocenters. The molecule has 0 fully saturated rings. The molecule has 0 bridgehead atoms. The maximum atomic E-state index is 10.8. The number of halogens is 1. The Labute approximate surface area is 85.7 Å². The molecule has 0 radical (unpaired) electrons. The average molecular weight is 243 g/mol. The van der Waals surface area contributed by atoms with Gasteiger partial charge in [-0.05, 0) is 34.5 Å². The zero-order chi connectivity index (χ0) is 9.84. The molecule has 1 aromatic heterocycles. The molecule has 1 rings (SSSR count). The van der Waals surface area contributed by atoms with Crippen LogP contribution in [0.3, 0.4) is 0 Å². The van der Waals surface area contributed by atoms with Crippen LogP contribution in [0.4, 0.5) is 0 Å². The molecule has 0 aliphatic rings. The largest absolute Gasteiger partial charge is 0.350 e. The van der Waals surface area contributed by atoms with Crippen molar-refractivity contribution in [2.45, 2.75) is 19.9 Å². The SMILES string of the molecule is CC(=O)NC(C)c1cncc(Br)c1. The smallest absolute Gasteiger partial charge is 0.217 e. The highest BCUT2D eigenvalue weighted by molar-refractivity contribution is 9.10. The Morgan fingerprint density at radius 2 is 2.31 bits per heavy atom. The summed E-state index contributed by atoms with van der Waals surface area (Å²) in [6.07, 6.45) is 3.45. The topological polar surface area (TPSA) is 42.0 Å². The van der Waals surface area contributed by atoms with Crippen LogP contribution in [0.5, 0.6) is 0 Å². The maximum Gasteiger partial charge on any atom is 0.217 e. The van der Waals surface area contributed by atoms with E-state index in [0.717, 1.165) is 10.0 Å². The highest BCUT2D eigenvalue weighted by Crippen LogP contribution is 2.15. The lowest BCUT2D eigenvalue weighted by Gasteiger charge is -2.12. The summed E-state index contributed by atoms with van der Waals surface area (Å²) >= 11 is 3.32. The van der Waals surface area contributed by atoms with Crippen molar-refractivity contribution in [2.24, 2.45) is 0 Å². The predicted octanol–water partition coefficient (Wildman–Crippen LogP) is 2.04. The zero-order valence-electron chi connectivity index (χ0n) is 7.54. The fraction of sp³-hybridized carbons (Fsp3) is 0.333. The van der Waals surface area contributed by atoms with Crippen molar-refractivity contribution >= 4 is 21.8 Å². The molecule has 1 heterocycles. The number of pyridine rings is 1. The molecule has 0 saturated carbocycles. The van der Waals surface area contributed by atoms with E-state index in [9.17, 15) is 4.79 Å². The van der Waals surface area contributed by atoms with Crippen molar-refractivity contribution in [3.8, 4) is 0 Å². The van der Waals surface area contributed by atoms with Crippen molar-refractivity contribution in [3.63, 3.8) is 0 Å². The third-order valence-corrected chi connectivity index (χ3v) is 2.08. The number of carbonyl (C=O) groups is 1. The molecular formula is C9H11BrN2O. The van der Waals surface area contributed by atoms with Gasteiger partial charge in [-0.2, -0.15) is 0 Å². The van der Waals surface area contributed by atoms with Crippen molar-refractivity contribution < 1.29 is 4.79 Å². The molecule has 1 N–H and O–H groups in total. The summed E-state index contributed by atoms with van der Waals surface area (Å²) in [6.45, 7) is 3.42. The second-order valence-corrected chi connectivity index (χ2v) is 3.77. The van der Waals surface area contributed by atoms with Gasteiger partial charge in [-0.1, -0.05) is 0 Å². The van der Waals surface area contributed by atoms with Crippen LogP contribution >= 0.6 is 15.9 Å². The van der Waals surface area contributed by atoms with E-state index < -0.39 is 0 Å². The highest BCUT2D eigenvalue weighted by atomic mass is 79.9. The van der Waals surface area contributed by atoms with Gasteiger partial charge < -0.3 is 5.32 Å². The molecule has 0 saturated heterocycles. The zero-order valence-corrected chi connectivity index (χ0v) is 9.13. The fourth-order valence-corrected chi connectivity index (χ4v) is 1.44. The van der Waals surface area contributed by atoms with Gasteiger partial charge >= 0.3 is 0 Å². The quantitative estimate of drug-likeness (QED) is 0.863. The molecule has 0 aliphatic carbocycles. The number of nitrogens with one attached hydrogen (secondary N) is 1. The van der Waals surface area contributed by atoms with Gasteiger partial charge in [-0.15, -0.1) is 0 Å². The molecule has 1 amide bonds. The molecule has 3 nitrogen and oxygen atoms in total. The Hall–Kier alpha value is -0.900. The lowest BCUT2D eigenvalue weighted by atomic mass is 10.1. The van der Waals surface area contributed by atoms with Crippen molar-refractivity contribution in [2.75, 3.05) is 0 Å². The molecule has 70 valence electrons. The van der Waals surface area contributed by atoms with Crippen LogP contribution in [0.2, 0.25) is 0 Å². The Kier molecular flexibility index (Phi) is 3.42. The van der Waals surface area contributed by atoms with E-state index in [0.29, 0.717) is 0 Å². The lowest BCUT2D eigenvalue weighted by Crippen LogP contribution is -2.23. The monoisotopic (exact) mass is 242 g/mol. The first kappa shape index (κ1) is 10.2. The minimum Gasteiger partial charge on any atom is -0.350 e. The normalized spacial score (nSPS) is 12.2. The van der Waals surface area contributed by atoms with E-state index in [2.05, 4.69) is 26.2 Å². The van der Waals surface area contributed by atoms with Gasteiger partial charge in [-0.25, -0.2) is 0 Å². The van der Waals surface area contributed by atoms with E-state index in [1.807, 2.05) is 13.0 Å². The van der Waals surface area contributed by atoms with E-state index in [1.165, 1.54) is 6.92 Å². The van der Waals surface area contributed by atoms with Crippen LogP contribution in [0.1, 0.15) is 25.5 Å². The molecule has 4 heteroatoms. The Balaban J connectivity index is 2.76. The summed E-state index contributed by atoms with van der Waals surface area (Å²) < 4.78 is 0.919. The third-order valence-electron chi connectivity index (χ3n) is 1.65. The Bertz CT molecular complexity index is 314. The summed E-state index contributed by atoms with van der Waals surface area (Å²) in [7, 11) is 0. The van der Waals surface area contributed by atoms with E-state index in [4.69, 9.17) is 0 Å². The first-order valence-electron chi connectivity index (χ1n) is 3.97. The van der Waals surface area contributed by atoms with E-state index >= 15 is 0 Å². The summed E-state index contributed by atoms with van der Waals surface area (Å²) in [6, 6.07) is 1.94. The molecular weight excluding hydrogens is 232 g/mol. The lowest BCUT2D eigenvalue weighted by molar-refractivity contribution is -0.119.